The molecule has 0 radical (unpaired) electrons. The molecule has 9 heteroatoms. The Kier molecular flexibility index (Phi) is 8.57. The van der Waals surface area contributed by atoms with Crippen molar-refractivity contribution in [3.05, 3.63) is 30.3 Å². The maximum absolute atomic E-state index is 12.5. The summed E-state index contributed by atoms with van der Waals surface area (Å²) in [5.74, 6) is 2.04. The maximum Gasteiger partial charge on any atom is 0.233 e. The minimum atomic E-state index is 0.169. The number of anilines is 1. The van der Waals surface area contributed by atoms with Crippen molar-refractivity contribution >= 4 is 34.1 Å². The van der Waals surface area contributed by atoms with Gasteiger partial charge in [0, 0.05) is 39.3 Å². The van der Waals surface area contributed by atoms with Crippen molar-refractivity contribution in [3.63, 3.8) is 0 Å². The third kappa shape index (κ3) is 7.49. The van der Waals surface area contributed by atoms with E-state index >= 15 is 0 Å². The van der Waals surface area contributed by atoms with Crippen LogP contribution in [0.15, 0.2) is 34.7 Å². The maximum atomic E-state index is 12.5. The van der Waals surface area contributed by atoms with Gasteiger partial charge in [0.2, 0.25) is 11.0 Å². The molecule has 2 aromatic rings. The summed E-state index contributed by atoms with van der Waals surface area (Å²) in [6, 6.07) is 9.87. The van der Waals surface area contributed by atoms with Crippen molar-refractivity contribution in [1.29, 1.82) is 0 Å². The van der Waals surface area contributed by atoms with Gasteiger partial charge in [-0.05, 0) is 18.1 Å². The molecule has 1 aromatic carbocycles. The van der Waals surface area contributed by atoms with Crippen molar-refractivity contribution in [3.8, 4) is 5.75 Å². The van der Waals surface area contributed by atoms with E-state index in [2.05, 4.69) is 34.3 Å². The van der Waals surface area contributed by atoms with Crippen molar-refractivity contribution in [1.82, 2.24) is 20.0 Å². The van der Waals surface area contributed by atoms with Crippen LogP contribution in [-0.2, 0) is 4.79 Å². The van der Waals surface area contributed by atoms with E-state index in [1.807, 2.05) is 35.2 Å². The van der Waals surface area contributed by atoms with Crippen LogP contribution in [0.5, 0.6) is 5.75 Å². The lowest BCUT2D eigenvalue weighted by Crippen LogP contribution is -2.50. The Hall–Kier alpha value is -1.84. The summed E-state index contributed by atoms with van der Waals surface area (Å²) in [6.07, 6.45) is 0. The van der Waals surface area contributed by atoms with Gasteiger partial charge in [-0.3, -0.25) is 9.69 Å². The standard InChI is InChI=1S/C20H29N5O2S2/c1-16(2)14-21-19-22-23-20(29-19)28-15-18(26)25-10-8-24(9-11-25)12-13-27-17-6-4-3-5-7-17/h3-7,16H,8-15H2,1-2H3,(H,21,22). The predicted octanol–water partition coefficient (Wildman–Crippen LogP) is 2.92. The molecule has 1 aromatic heterocycles. The van der Waals surface area contributed by atoms with E-state index in [-0.39, 0.29) is 5.91 Å². The normalized spacial score (nSPS) is 14.9. The zero-order chi connectivity index (χ0) is 20.5. The first-order chi connectivity index (χ1) is 14.1. The topological polar surface area (TPSA) is 70.6 Å². The highest BCUT2D eigenvalue weighted by Crippen LogP contribution is 2.26. The molecule has 1 fully saturated rings. The Bertz CT molecular complexity index is 748. The first-order valence-electron chi connectivity index (χ1n) is 9.98. The fourth-order valence-electron chi connectivity index (χ4n) is 2.88. The average Bonchev–Trinajstić information content (AvgIpc) is 3.20. The quantitative estimate of drug-likeness (QED) is 0.575. The summed E-state index contributed by atoms with van der Waals surface area (Å²) in [6.45, 7) is 10.0. The largest absolute Gasteiger partial charge is 0.492 e. The molecule has 158 valence electrons. The number of aromatic nitrogens is 2. The van der Waals surface area contributed by atoms with Crippen molar-refractivity contribution < 1.29 is 9.53 Å². The van der Waals surface area contributed by atoms with Crippen LogP contribution < -0.4 is 10.1 Å². The molecule has 1 amide bonds. The van der Waals surface area contributed by atoms with Crippen molar-refractivity contribution in [2.24, 2.45) is 5.92 Å². The number of rotatable bonds is 10. The monoisotopic (exact) mass is 435 g/mol. The Morgan fingerprint density at radius 2 is 1.97 bits per heavy atom. The number of nitrogens with zero attached hydrogens (tertiary/aromatic N) is 4. The van der Waals surface area contributed by atoms with Crippen LogP contribution in [0.4, 0.5) is 5.13 Å². The van der Waals surface area contributed by atoms with Gasteiger partial charge < -0.3 is 15.0 Å². The summed E-state index contributed by atoms with van der Waals surface area (Å²) in [5, 5.41) is 12.4. The van der Waals surface area contributed by atoms with Gasteiger partial charge in [0.15, 0.2) is 4.34 Å². The number of carbonyl (C=O) groups excluding carboxylic acids is 1. The predicted molar refractivity (Wildman–Crippen MR) is 119 cm³/mol. The van der Waals surface area contributed by atoms with E-state index in [0.717, 1.165) is 54.5 Å². The first-order valence-corrected chi connectivity index (χ1v) is 11.8. The van der Waals surface area contributed by atoms with Crippen molar-refractivity contribution in [2.45, 2.75) is 18.2 Å². The third-order valence-electron chi connectivity index (χ3n) is 4.53. The minimum absolute atomic E-state index is 0.169. The summed E-state index contributed by atoms with van der Waals surface area (Å²) >= 11 is 2.98. The zero-order valence-corrected chi connectivity index (χ0v) is 18.7. The van der Waals surface area contributed by atoms with Gasteiger partial charge in [-0.25, -0.2) is 0 Å². The molecule has 1 aliphatic heterocycles. The number of piperazine rings is 1. The second kappa shape index (κ2) is 11.4. The second-order valence-corrected chi connectivity index (χ2v) is 9.52. The lowest BCUT2D eigenvalue weighted by molar-refractivity contribution is -0.130. The van der Waals surface area contributed by atoms with E-state index in [9.17, 15) is 4.79 Å². The summed E-state index contributed by atoms with van der Waals surface area (Å²) < 4.78 is 6.60. The lowest BCUT2D eigenvalue weighted by Gasteiger charge is -2.34. The molecule has 0 saturated carbocycles. The molecule has 29 heavy (non-hydrogen) atoms. The molecular formula is C20H29N5O2S2. The van der Waals surface area contributed by atoms with Crippen LogP contribution in [0.3, 0.4) is 0 Å². The Labute approximate surface area is 180 Å². The second-order valence-electron chi connectivity index (χ2n) is 7.32. The number of hydrogen-bond donors (Lipinski definition) is 1. The minimum Gasteiger partial charge on any atom is -0.492 e. The first kappa shape index (κ1) is 21.9. The van der Waals surface area contributed by atoms with Crippen LogP contribution >= 0.6 is 23.1 Å². The van der Waals surface area contributed by atoms with Gasteiger partial charge in [-0.2, -0.15) is 0 Å². The van der Waals surface area contributed by atoms with E-state index in [1.54, 1.807) is 0 Å². The van der Waals surface area contributed by atoms with E-state index in [1.165, 1.54) is 23.1 Å². The van der Waals surface area contributed by atoms with Gasteiger partial charge in [-0.1, -0.05) is 55.1 Å². The van der Waals surface area contributed by atoms with Gasteiger partial charge in [0.1, 0.15) is 12.4 Å². The number of para-hydroxylation sites is 1. The smallest absolute Gasteiger partial charge is 0.233 e. The molecule has 1 aliphatic rings. The lowest BCUT2D eigenvalue weighted by atomic mass is 10.2. The Balaban J connectivity index is 1.31. The average molecular weight is 436 g/mol. The van der Waals surface area contributed by atoms with Gasteiger partial charge in [-0.15, -0.1) is 10.2 Å². The SMILES string of the molecule is CC(C)CNc1nnc(SCC(=O)N2CCN(CCOc3ccccc3)CC2)s1. The molecule has 3 rings (SSSR count). The molecule has 7 nitrogen and oxygen atoms in total. The van der Waals surface area contributed by atoms with Crippen LogP contribution in [-0.4, -0.2) is 77.5 Å². The van der Waals surface area contributed by atoms with Crippen LogP contribution in [0.2, 0.25) is 0 Å². The highest BCUT2D eigenvalue weighted by atomic mass is 32.2. The zero-order valence-electron chi connectivity index (χ0n) is 17.0. The summed E-state index contributed by atoms with van der Waals surface area (Å²) in [5.41, 5.74) is 0. The third-order valence-corrected chi connectivity index (χ3v) is 6.53. The highest BCUT2D eigenvalue weighted by Gasteiger charge is 2.21. The molecule has 0 atom stereocenters. The molecule has 1 N–H and O–H groups in total. The number of hydrogen-bond acceptors (Lipinski definition) is 8. The van der Waals surface area contributed by atoms with Crippen LogP contribution in [0.25, 0.3) is 0 Å². The van der Waals surface area contributed by atoms with Gasteiger partial charge >= 0.3 is 0 Å². The fraction of sp³-hybridized carbons (Fsp3) is 0.550. The molecule has 0 aliphatic carbocycles. The Morgan fingerprint density at radius 3 is 2.69 bits per heavy atom. The van der Waals surface area contributed by atoms with E-state index < -0.39 is 0 Å². The molecule has 0 spiro atoms. The molecule has 0 unspecified atom stereocenters. The van der Waals surface area contributed by atoms with Gasteiger partial charge in [0.25, 0.3) is 0 Å². The van der Waals surface area contributed by atoms with Crippen molar-refractivity contribution in [2.75, 3.05) is 56.9 Å². The van der Waals surface area contributed by atoms with Crippen LogP contribution in [0.1, 0.15) is 13.8 Å². The molecule has 2 heterocycles. The molecule has 0 bridgehead atoms. The summed E-state index contributed by atoms with van der Waals surface area (Å²) in [4.78, 5) is 16.8. The number of ether oxygens (including phenoxy) is 1. The van der Waals surface area contributed by atoms with Gasteiger partial charge in [0.05, 0.1) is 5.75 Å². The number of thioether (sulfide) groups is 1. The Morgan fingerprint density at radius 1 is 1.21 bits per heavy atom. The fourth-order valence-corrected chi connectivity index (χ4v) is 4.54. The number of nitrogens with one attached hydrogen (secondary N) is 1. The molecule has 1 saturated heterocycles. The summed E-state index contributed by atoms with van der Waals surface area (Å²) in [7, 11) is 0. The van der Waals surface area contributed by atoms with E-state index in [0.29, 0.717) is 18.3 Å². The van der Waals surface area contributed by atoms with Crippen LogP contribution in [0, 0.1) is 5.92 Å². The molecular weight excluding hydrogens is 406 g/mol. The number of benzene rings is 1. The number of amides is 1. The van der Waals surface area contributed by atoms with E-state index in [4.69, 9.17) is 4.74 Å². The highest BCUT2D eigenvalue weighted by molar-refractivity contribution is 8.01. The number of carbonyl (C=O) groups is 1.